The zero-order chi connectivity index (χ0) is 10.1. The van der Waals surface area contributed by atoms with Gasteiger partial charge in [-0.1, -0.05) is 0 Å². The third-order valence-corrected chi connectivity index (χ3v) is 2.62. The van der Waals surface area contributed by atoms with Crippen molar-refractivity contribution in [3.63, 3.8) is 0 Å². The summed E-state index contributed by atoms with van der Waals surface area (Å²) < 4.78 is 13.0. The summed E-state index contributed by atoms with van der Waals surface area (Å²) in [6.07, 6.45) is 0.347. The van der Waals surface area contributed by atoms with E-state index in [1.54, 1.807) is 19.1 Å². The van der Waals surface area contributed by atoms with Crippen molar-refractivity contribution in [3.8, 4) is 0 Å². The Morgan fingerprint density at radius 1 is 1.64 bits per heavy atom. The lowest BCUT2D eigenvalue weighted by Gasteiger charge is -2.11. The lowest BCUT2D eigenvalue weighted by Crippen LogP contribution is -2.10. The SMILES string of the molecule is CC(O)CC1CNc2ccc(F)cc21. The number of rotatable bonds is 2. The third-order valence-electron chi connectivity index (χ3n) is 2.62. The topological polar surface area (TPSA) is 32.3 Å². The van der Waals surface area contributed by atoms with E-state index in [-0.39, 0.29) is 17.8 Å². The van der Waals surface area contributed by atoms with Crippen LogP contribution in [0.15, 0.2) is 18.2 Å². The predicted molar refractivity (Wildman–Crippen MR) is 53.9 cm³/mol. The lowest BCUT2D eigenvalue weighted by atomic mass is 9.95. The van der Waals surface area contributed by atoms with Gasteiger partial charge in [-0.15, -0.1) is 0 Å². The maximum Gasteiger partial charge on any atom is 0.123 e. The molecule has 1 aromatic rings. The number of halogens is 1. The number of anilines is 1. The van der Waals surface area contributed by atoms with E-state index in [0.29, 0.717) is 6.42 Å². The van der Waals surface area contributed by atoms with Crippen LogP contribution in [0, 0.1) is 5.82 Å². The first-order valence-electron chi connectivity index (χ1n) is 4.88. The molecule has 1 aliphatic rings. The van der Waals surface area contributed by atoms with Crippen molar-refractivity contribution in [1.29, 1.82) is 0 Å². The lowest BCUT2D eigenvalue weighted by molar-refractivity contribution is 0.176. The van der Waals surface area contributed by atoms with Crippen molar-refractivity contribution in [2.45, 2.75) is 25.4 Å². The van der Waals surface area contributed by atoms with E-state index in [9.17, 15) is 9.50 Å². The molecule has 0 saturated carbocycles. The summed E-state index contributed by atoms with van der Waals surface area (Å²) in [5.74, 6) is 0.0312. The Morgan fingerprint density at radius 2 is 2.43 bits per heavy atom. The molecule has 1 aliphatic heterocycles. The van der Waals surface area contributed by atoms with Crippen LogP contribution in [0.3, 0.4) is 0 Å². The second kappa shape index (κ2) is 3.58. The molecule has 0 bridgehead atoms. The molecule has 2 rings (SSSR count). The Morgan fingerprint density at radius 3 is 3.14 bits per heavy atom. The van der Waals surface area contributed by atoms with E-state index in [0.717, 1.165) is 17.8 Å². The molecule has 14 heavy (non-hydrogen) atoms. The minimum absolute atomic E-state index is 0.206. The Bertz CT molecular complexity index is 338. The molecule has 0 saturated heterocycles. The molecule has 2 nitrogen and oxygen atoms in total. The predicted octanol–water partition coefficient (Wildman–Crippen LogP) is 2.11. The van der Waals surface area contributed by atoms with Gasteiger partial charge < -0.3 is 10.4 Å². The van der Waals surface area contributed by atoms with Crippen molar-refractivity contribution in [2.24, 2.45) is 0 Å². The van der Waals surface area contributed by atoms with Crippen molar-refractivity contribution >= 4 is 5.69 Å². The highest BCUT2D eigenvalue weighted by molar-refractivity contribution is 5.57. The standard InChI is InChI=1S/C11H14FNO/c1-7(14)4-8-6-13-11-3-2-9(12)5-10(8)11/h2-3,5,7-8,13-14H,4,6H2,1H3. The van der Waals surface area contributed by atoms with Gasteiger partial charge in [0, 0.05) is 18.2 Å². The largest absolute Gasteiger partial charge is 0.393 e. The Kier molecular flexibility index (Phi) is 2.42. The summed E-state index contributed by atoms with van der Waals surface area (Å²) in [5, 5.41) is 12.5. The summed E-state index contributed by atoms with van der Waals surface area (Å²) in [7, 11) is 0. The van der Waals surface area contributed by atoms with Crippen LogP contribution in [-0.4, -0.2) is 17.8 Å². The van der Waals surface area contributed by atoms with Crippen molar-refractivity contribution in [1.82, 2.24) is 0 Å². The van der Waals surface area contributed by atoms with Gasteiger partial charge in [0.15, 0.2) is 0 Å². The molecule has 0 fully saturated rings. The van der Waals surface area contributed by atoms with Crippen LogP contribution in [0.25, 0.3) is 0 Å². The monoisotopic (exact) mass is 195 g/mol. The zero-order valence-corrected chi connectivity index (χ0v) is 8.13. The van der Waals surface area contributed by atoms with Crippen LogP contribution in [0.4, 0.5) is 10.1 Å². The molecular formula is C11H14FNO. The van der Waals surface area contributed by atoms with Crippen LogP contribution in [0.1, 0.15) is 24.8 Å². The maximum atomic E-state index is 13.0. The second-order valence-electron chi connectivity index (χ2n) is 3.89. The average Bonchev–Trinajstić information content (AvgIpc) is 2.47. The first-order valence-corrected chi connectivity index (χ1v) is 4.88. The van der Waals surface area contributed by atoms with Gasteiger partial charge in [0.2, 0.25) is 0 Å². The number of aliphatic hydroxyl groups is 1. The molecule has 2 atom stereocenters. The van der Waals surface area contributed by atoms with Crippen LogP contribution in [0.2, 0.25) is 0 Å². The van der Waals surface area contributed by atoms with E-state index in [4.69, 9.17) is 0 Å². The molecule has 2 unspecified atom stereocenters. The second-order valence-corrected chi connectivity index (χ2v) is 3.89. The van der Waals surface area contributed by atoms with Crippen molar-refractivity contribution in [2.75, 3.05) is 11.9 Å². The van der Waals surface area contributed by atoms with Crippen molar-refractivity contribution < 1.29 is 9.50 Å². The molecular weight excluding hydrogens is 181 g/mol. The summed E-state index contributed by atoms with van der Waals surface area (Å²) in [4.78, 5) is 0. The zero-order valence-electron chi connectivity index (χ0n) is 8.13. The number of nitrogens with one attached hydrogen (secondary N) is 1. The Hall–Kier alpha value is -1.09. The molecule has 0 radical (unpaired) electrons. The fraction of sp³-hybridized carbons (Fsp3) is 0.455. The first kappa shape index (κ1) is 9.46. The minimum atomic E-state index is -0.337. The van der Waals surface area contributed by atoms with Gasteiger partial charge in [0.25, 0.3) is 0 Å². The minimum Gasteiger partial charge on any atom is -0.393 e. The van der Waals surface area contributed by atoms with Crippen LogP contribution < -0.4 is 5.32 Å². The van der Waals surface area contributed by atoms with E-state index in [2.05, 4.69) is 5.32 Å². The van der Waals surface area contributed by atoms with E-state index in [1.807, 2.05) is 0 Å². The molecule has 0 spiro atoms. The van der Waals surface area contributed by atoms with Crippen LogP contribution in [0.5, 0.6) is 0 Å². The fourth-order valence-electron chi connectivity index (χ4n) is 2.00. The summed E-state index contributed by atoms with van der Waals surface area (Å²) in [6, 6.07) is 4.77. The number of benzene rings is 1. The highest BCUT2D eigenvalue weighted by Crippen LogP contribution is 2.34. The van der Waals surface area contributed by atoms with Crippen LogP contribution >= 0.6 is 0 Å². The molecule has 0 aliphatic carbocycles. The van der Waals surface area contributed by atoms with Gasteiger partial charge in [0.1, 0.15) is 5.82 Å². The number of hydrogen-bond acceptors (Lipinski definition) is 2. The fourth-order valence-corrected chi connectivity index (χ4v) is 2.00. The molecule has 0 aromatic heterocycles. The maximum absolute atomic E-state index is 13.0. The van der Waals surface area contributed by atoms with E-state index < -0.39 is 0 Å². The molecule has 1 aromatic carbocycles. The highest BCUT2D eigenvalue weighted by atomic mass is 19.1. The molecule has 76 valence electrons. The summed E-state index contributed by atoms with van der Waals surface area (Å²) in [5.41, 5.74) is 1.99. The van der Waals surface area contributed by atoms with E-state index >= 15 is 0 Å². The molecule has 1 heterocycles. The van der Waals surface area contributed by atoms with Crippen LogP contribution in [-0.2, 0) is 0 Å². The number of aliphatic hydroxyl groups excluding tert-OH is 1. The Balaban J connectivity index is 2.24. The third kappa shape index (κ3) is 1.73. The van der Waals surface area contributed by atoms with Gasteiger partial charge in [-0.05, 0) is 37.1 Å². The van der Waals surface area contributed by atoms with Gasteiger partial charge >= 0.3 is 0 Å². The van der Waals surface area contributed by atoms with Gasteiger partial charge in [-0.2, -0.15) is 0 Å². The quantitative estimate of drug-likeness (QED) is 0.757. The summed E-state index contributed by atoms with van der Waals surface area (Å²) in [6.45, 7) is 2.56. The van der Waals surface area contributed by atoms with Gasteiger partial charge in [0.05, 0.1) is 6.10 Å². The smallest absolute Gasteiger partial charge is 0.123 e. The van der Waals surface area contributed by atoms with Gasteiger partial charge in [-0.3, -0.25) is 0 Å². The molecule has 0 amide bonds. The van der Waals surface area contributed by atoms with Gasteiger partial charge in [-0.25, -0.2) is 4.39 Å². The summed E-state index contributed by atoms with van der Waals surface area (Å²) >= 11 is 0. The number of fused-ring (bicyclic) bond motifs is 1. The normalized spacial score (nSPS) is 21.5. The molecule has 2 N–H and O–H groups in total. The van der Waals surface area contributed by atoms with E-state index in [1.165, 1.54) is 6.07 Å². The first-order chi connectivity index (χ1) is 6.66. The Labute approximate surface area is 82.8 Å². The highest BCUT2D eigenvalue weighted by Gasteiger charge is 2.23. The van der Waals surface area contributed by atoms with Crippen molar-refractivity contribution in [3.05, 3.63) is 29.6 Å². The number of hydrogen-bond donors (Lipinski definition) is 2. The molecule has 3 heteroatoms. The average molecular weight is 195 g/mol.